The fourth-order valence-electron chi connectivity index (χ4n) is 0. The standard InChI is InChI=1S/C6H14.H4N2/c1-5-6(2,3)4;1-2/h5H2,1-4H3;1-2H2. The molecule has 0 saturated carbocycles. The van der Waals surface area contributed by atoms with Crippen molar-refractivity contribution in [3.63, 3.8) is 0 Å². The molecule has 4 N–H and O–H groups in total. The van der Waals surface area contributed by atoms with Crippen LogP contribution in [0.3, 0.4) is 0 Å². The SMILES string of the molecule is CCC(C)(C)C.NN. The smallest absolute Gasteiger partial charge is 0.0385 e. The van der Waals surface area contributed by atoms with E-state index in [9.17, 15) is 0 Å². The zero-order valence-corrected chi connectivity index (χ0v) is 6.36. The van der Waals surface area contributed by atoms with Gasteiger partial charge in [-0.1, -0.05) is 34.1 Å². The molecule has 8 heavy (non-hydrogen) atoms. The van der Waals surface area contributed by atoms with E-state index in [0.29, 0.717) is 5.41 Å². The fraction of sp³-hybridized carbons (Fsp3) is 1.00. The van der Waals surface area contributed by atoms with E-state index in [4.69, 9.17) is 0 Å². The first kappa shape index (κ1) is 10.8. The van der Waals surface area contributed by atoms with Crippen LogP contribution in [0.5, 0.6) is 0 Å². The van der Waals surface area contributed by atoms with Gasteiger partial charge >= 0.3 is 0 Å². The maximum absolute atomic E-state index is 4.00. The van der Waals surface area contributed by atoms with Crippen LogP contribution in [0.25, 0.3) is 0 Å². The van der Waals surface area contributed by atoms with E-state index in [1.807, 2.05) is 0 Å². The molecule has 0 bridgehead atoms. The molecule has 0 saturated heterocycles. The van der Waals surface area contributed by atoms with Gasteiger partial charge in [-0.15, -0.1) is 0 Å². The van der Waals surface area contributed by atoms with E-state index in [1.165, 1.54) is 6.42 Å². The second-order valence-corrected chi connectivity index (χ2v) is 2.91. The van der Waals surface area contributed by atoms with Crippen molar-refractivity contribution >= 4 is 0 Å². The Morgan fingerprint density at radius 2 is 1.25 bits per heavy atom. The number of hydrogen-bond acceptors (Lipinski definition) is 2. The first-order valence-electron chi connectivity index (χ1n) is 2.89. The van der Waals surface area contributed by atoms with E-state index < -0.39 is 0 Å². The molecular formula is C6H18N2. The summed E-state index contributed by atoms with van der Waals surface area (Å²) in [5, 5.41) is 0. The highest BCUT2D eigenvalue weighted by Gasteiger charge is 2.03. The highest BCUT2D eigenvalue weighted by Crippen LogP contribution is 2.16. The first-order valence-corrected chi connectivity index (χ1v) is 2.89. The Morgan fingerprint density at radius 1 is 1.12 bits per heavy atom. The van der Waals surface area contributed by atoms with Gasteiger partial charge in [-0.3, -0.25) is 11.7 Å². The minimum atomic E-state index is 0.542. The van der Waals surface area contributed by atoms with E-state index in [-0.39, 0.29) is 0 Å². The van der Waals surface area contributed by atoms with Crippen LogP contribution in [-0.4, -0.2) is 0 Å². The maximum Gasteiger partial charge on any atom is -0.0385 e. The summed E-state index contributed by atoms with van der Waals surface area (Å²) in [6.45, 7) is 8.94. The quantitative estimate of drug-likeness (QED) is 0.371. The molecule has 0 radical (unpaired) electrons. The third-order valence-corrected chi connectivity index (χ3v) is 1.06. The first-order chi connectivity index (χ1) is 3.56. The van der Waals surface area contributed by atoms with Crippen molar-refractivity contribution in [2.24, 2.45) is 17.1 Å². The number of hydrogen-bond donors (Lipinski definition) is 2. The third kappa shape index (κ3) is 16.8. The summed E-state index contributed by atoms with van der Waals surface area (Å²) in [6, 6.07) is 0. The van der Waals surface area contributed by atoms with Gasteiger partial charge in [-0.2, -0.15) is 0 Å². The summed E-state index contributed by atoms with van der Waals surface area (Å²) in [5.41, 5.74) is 0.542. The second kappa shape index (κ2) is 5.06. The van der Waals surface area contributed by atoms with Gasteiger partial charge in [0.15, 0.2) is 0 Å². The molecule has 2 nitrogen and oxygen atoms in total. The molecule has 2 heteroatoms. The Kier molecular flexibility index (Phi) is 6.85. The molecule has 0 fully saturated rings. The zero-order valence-electron chi connectivity index (χ0n) is 6.36. The highest BCUT2D eigenvalue weighted by molar-refractivity contribution is 4.55. The molecule has 0 heterocycles. The Morgan fingerprint density at radius 3 is 1.25 bits per heavy atom. The number of nitrogens with two attached hydrogens (primary N) is 2. The lowest BCUT2D eigenvalue weighted by Crippen LogP contribution is -2.02. The van der Waals surface area contributed by atoms with Crippen LogP contribution in [0.2, 0.25) is 0 Å². The maximum atomic E-state index is 4.00. The van der Waals surface area contributed by atoms with Crippen molar-refractivity contribution < 1.29 is 0 Å². The molecule has 0 aromatic carbocycles. The van der Waals surface area contributed by atoms with Gasteiger partial charge in [0.25, 0.3) is 0 Å². The molecule has 0 atom stereocenters. The van der Waals surface area contributed by atoms with Gasteiger partial charge in [0.2, 0.25) is 0 Å². The van der Waals surface area contributed by atoms with Gasteiger partial charge in [-0.25, -0.2) is 0 Å². The summed E-state index contributed by atoms with van der Waals surface area (Å²) in [5.74, 6) is 8.00. The van der Waals surface area contributed by atoms with Crippen LogP contribution in [0.15, 0.2) is 0 Å². The van der Waals surface area contributed by atoms with Gasteiger partial charge < -0.3 is 0 Å². The summed E-state index contributed by atoms with van der Waals surface area (Å²) in [6.07, 6.45) is 1.27. The molecule has 0 spiro atoms. The monoisotopic (exact) mass is 118 g/mol. The van der Waals surface area contributed by atoms with Gasteiger partial charge in [0.05, 0.1) is 0 Å². The predicted molar refractivity (Wildman–Crippen MR) is 38.1 cm³/mol. The van der Waals surface area contributed by atoms with Gasteiger partial charge in [0.1, 0.15) is 0 Å². The van der Waals surface area contributed by atoms with Gasteiger partial charge in [0, 0.05) is 0 Å². The molecule has 0 amide bonds. The van der Waals surface area contributed by atoms with Crippen molar-refractivity contribution in [3.8, 4) is 0 Å². The molecule has 0 aromatic heterocycles. The summed E-state index contributed by atoms with van der Waals surface area (Å²) < 4.78 is 0. The van der Waals surface area contributed by atoms with Crippen LogP contribution in [0.4, 0.5) is 0 Å². The van der Waals surface area contributed by atoms with Crippen LogP contribution < -0.4 is 11.7 Å². The minimum Gasteiger partial charge on any atom is -0.274 e. The second-order valence-electron chi connectivity index (χ2n) is 2.91. The van der Waals surface area contributed by atoms with Crippen LogP contribution in [-0.2, 0) is 0 Å². The Labute approximate surface area is 52.2 Å². The van der Waals surface area contributed by atoms with E-state index in [1.54, 1.807) is 0 Å². The molecule has 0 aliphatic heterocycles. The predicted octanol–water partition coefficient (Wildman–Crippen LogP) is 1.26. The summed E-state index contributed by atoms with van der Waals surface area (Å²) >= 11 is 0. The van der Waals surface area contributed by atoms with E-state index >= 15 is 0 Å². The average molecular weight is 118 g/mol. The molecule has 0 aliphatic rings. The largest absolute Gasteiger partial charge is 0.274 e. The Balaban J connectivity index is 0. The van der Waals surface area contributed by atoms with Crippen molar-refractivity contribution in [1.29, 1.82) is 0 Å². The van der Waals surface area contributed by atoms with Crippen LogP contribution in [0, 0.1) is 5.41 Å². The lowest BCUT2D eigenvalue weighted by Gasteiger charge is -2.12. The van der Waals surface area contributed by atoms with Crippen molar-refractivity contribution in [3.05, 3.63) is 0 Å². The normalized spacial score (nSPS) is 9.75. The fourth-order valence-corrected chi connectivity index (χ4v) is 0. The third-order valence-electron chi connectivity index (χ3n) is 1.06. The molecule has 0 aliphatic carbocycles. The molecule has 0 unspecified atom stereocenters. The lowest BCUT2D eigenvalue weighted by molar-refractivity contribution is 0.398. The lowest BCUT2D eigenvalue weighted by atomic mass is 9.94. The van der Waals surface area contributed by atoms with Crippen molar-refractivity contribution in [1.82, 2.24) is 0 Å². The minimum absolute atomic E-state index is 0.542. The van der Waals surface area contributed by atoms with E-state index in [0.717, 1.165) is 0 Å². The Bertz CT molecular complexity index is 36.3. The Hall–Kier alpha value is -0.0800. The molecule has 0 rings (SSSR count). The molecular weight excluding hydrogens is 100 g/mol. The number of rotatable bonds is 0. The summed E-state index contributed by atoms with van der Waals surface area (Å²) in [4.78, 5) is 0. The summed E-state index contributed by atoms with van der Waals surface area (Å²) in [7, 11) is 0. The van der Waals surface area contributed by atoms with Gasteiger partial charge in [-0.05, 0) is 5.41 Å². The van der Waals surface area contributed by atoms with Crippen molar-refractivity contribution in [2.45, 2.75) is 34.1 Å². The van der Waals surface area contributed by atoms with Crippen LogP contribution >= 0.6 is 0 Å². The highest BCUT2D eigenvalue weighted by atomic mass is 15.0. The number of hydrazine groups is 1. The van der Waals surface area contributed by atoms with Crippen LogP contribution in [0.1, 0.15) is 34.1 Å². The van der Waals surface area contributed by atoms with E-state index in [2.05, 4.69) is 39.4 Å². The molecule has 52 valence electrons. The van der Waals surface area contributed by atoms with Crippen molar-refractivity contribution in [2.75, 3.05) is 0 Å². The zero-order chi connectivity index (χ0) is 7.21. The molecule has 0 aromatic rings. The topological polar surface area (TPSA) is 52.0 Å². The average Bonchev–Trinajstić information content (AvgIpc) is 1.71.